The van der Waals surface area contributed by atoms with Crippen molar-refractivity contribution in [3.05, 3.63) is 118 Å². The number of hydrazone groups is 2. The van der Waals surface area contributed by atoms with Crippen molar-refractivity contribution in [1.29, 1.82) is 0 Å². The van der Waals surface area contributed by atoms with E-state index >= 15 is 0 Å². The molecule has 0 heterocycles. The Kier molecular flexibility index (Phi) is 8.32. The number of rotatable bonds is 10. The number of anilines is 2. The minimum absolute atomic E-state index is 0.0150. The quantitative estimate of drug-likeness (QED) is 0.155. The van der Waals surface area contributed by atoms with Crippen LogP contribution in [0.4, 0.5) is 34.1 Å². The van der Waals surface area contributed by atoms with Crippen LogP contribution in [-0.2, 0) is 6.42 Å². The average Bonchev–Trinajstić information content (AvgIpc) is 3.01. The molecule has 0 amide bonds. The maximum atomic E-state index is 11.6. The van der Waals surface area contributed by atoms with Gasteiger partial charge in [0.2, 0.25) is 0 Å². The van der Waals surface area contributed by atoms with Crippen molar-refractivity contribution in [3.8, 4) is 0 Å². The molecule has 2 N–H and O–H groups in total. The lowest BCUT2D eigenvalue weighted by Gasteiger charge is -2.38. The van der Waals surface area contributed by atoms with Gasteiger partial charge in [0.05, 0.1) is 31.8 Å². The maximum Gasteiger partial charge on any atom is 0.301 e. The molecule has 0 unspecified atom stereocenters. The van der Waals surface area contributed by atoms with Crippen LogP contribution in [0.25, 0.3) is 5.57 Å². The summed E-state index contributed by atoms with van der Waals surface area (Å²) in [6.45, 7) is 0. The van der Waals surface area contributed by atoms with E-state index in [-0.39, 0.29) is 29.1 Å². The Labute approximate surface area is 248 Å². The molecular weight excluding hydrogens is 576 g/mol. The fraction of sp³-hybridized carbons (Fsp3) is 0.214. The first-order chi connectivity index (χ1) is 21.1. The number of hydrogen-bond donors (Lipinski definition) is 2. The summed E-state index contributed by atoms with van der Waals surface area (Å²) in [5.41, 5.74) is 6.90. The van der Waals surface area contributed by atoms with Gasteiger partial charge in [0.25, 0.3) is 11.4 Å². The summed E-state index contributed by atoms with van der Waals surface area (Å²) in [4.78, 5) is 42.3. The first-order valence-corrected chi connectivity index (χ1v) is 13.4. The molecule has 3 aromatic carbocycles. The van der Waals surface area contributed by atoms with Crippen molar-refractivity contribution >= 4 is 52.1 Å². The highest BCUT2D eigenvalue weighted by molar-refractivity contribution is 5.82. The van der Waals surface area contributed by atoms with Crippen molar-refractivity contribution in [3.63, 3.8) is 0 Å². The van der Waals surface area contributed by atoms with Gasteiger partial charge in [0, 0.05) is 36.4 Å². The van der Waals surface area contributed by atoms with Crippen molar-refractivity contribution < 1.29 is 19.7 Å². The van der Waals surface area contributed by atoms with Crippen LogP contribution in [0.3, 0.4) is 0 Å². The third kappa shape index (κ3) is 6.08. The second-order valence-electron chi connectivity index (χ2n) is 10.1. The largest absolute Gasteiger partial charge is 0.301 e. The van der Waals surface area contributed by atoms with Gasteiger partial charge in [0.15, 0.2) is 0 Å². The van der Waals surface area contributed by atoms with Gasteiger partial charge in [-0.15, -0.1) is 0 Å². The summed E-state index contributed by atoms with van der Waals surface area (Å²) in [5.74, 6) is -0.470. The zero-order valence-electron chi connectivity index (χ0n) is 22.8. The normalized spacial score (nSPS) is 19.1. The SMILES string of the molecule is O=[N+]([O-])c1ccc(N/N=C\[C@H]2CC=C3c4ccccc4CC[C@H]3[C@H]2/C=N/Nc2ccc([N+](=O)[O-])cc2[N+](=O)[O-])c([N+](=O)[O-])c1. The van der Waals surface area contributed by atoms with E-state index in [1.165, 1.54) is 17.7 Å². The minimum atomic E-state index is -0.738. The van der Waals surface area contributed by atoms with E-state index in [4.69, 9.17) is 0 Å². The molecule has 0 saturated heterocycles. The second kappa shape index (κ2) is 12.4. The molecule has 0 aromatic heterocycles. The Balaban J connectivity index is 1.43. The van der Waals surface area contributed by atoms with Crippen LogP contribution in [0.2, 0.25) is 0 Å². The molecule has 44 heavy (non-hydrogen) atoms. The zero-order valence-corrected chi connectivity index (χ0v) is 22.8. The lowest BCUT2D eigenvalue weighted by atomic mass is 9.66. The van der Waals surface area contributed by atoms with E-state index in [9.17, 15) is 40.5 Å². The molecule has 0 bridgehead atoms. The van der Waals surface area contributed by atoms with E-state index in [0.717, 1.165) is 48.2 Å². The van der Waals surface area contributed by atoms with Crippen molar-refractivity contribution in [2.45, 2.75) is 19.3 Å². The van der Waals surface area contributed by atoms with Crippen molar-refractivity contribution in [2.75, 3.05) is 10.9 Å². The molecular formula is C28H24N8O8. The van der Waals surface area contributed by atoms with Gasteiger partial charge in [-0.1, -0.05) is 30.3 Å². The Morgan fingerprint density at radius 3 is 1.86 bits per heavy atom. The Morgan fingerprint density at radius 2 is 1.30 bits per heavy atom. The highest BCUT2D eigenvalue weighted by Gasteiger charge is 2.36. The molecule has 0 spiro atoms. The molecule has 16 heteroatoms. The fourth-order valence-electron chi connectivity index (χ4n) is 5.59. The number of nitro groups is 4. The maximum absolute atomic E-state index is 11.6. The number of non-ortho nitro benzene ring substituents is 2. The number of aryl methyl sites for hydroxylation is 1. The topological polar surface area (TPSA) is 221 Å². The van der Waals surface area contributed by atoms with Gasteiger partial charge in [-0.3, -0.25) is 51.3 Å². The minimum Gasteiger partial charge on any atom is -0.272 e. The average molecular weight is 601 g/mol. The predicted octanol–water partition coefficient (Wildman–Crippen LogP) is 6.10. The molecule has 0 radical (unpaired) electrons. The standard InChI is InChI=1S/C28H24N8O8/c37-33(38)19-7-11-25(27(13-19)35(41)42)31-29-15-18-6-10-22-21-4-2-1-3-17(21)5-9-23(22)24(18)16-30-32-26-12-8-20(34(39)40)14-28(26)36(43)44/h1-4,7-8,10-16,18,23-24,31-32H,5-6,9H2/b29-15-,30-16+/t18-,23-,24+/m1/s1. The third-order valence-corrected chi connectivity index (χ3v) is 7.68. The van der Waals surface area contributed by atoms with Gasteiger partial charge in [-0.2, -0.15) is 10.2 Å². The smallest absolute Gasteiger partial charge is 0.272 e. The van der Waals surface area contributed by atoms with E-state index in [1.54, 1.807) is 12.4 Å². The van der Waals surface area contributed by atoms with Crippen LogP contribution in [0.15, 0.2) is 76.9 Å². The van der Waals surface area contributed by atoms with Gasteiger partial charge in [-0.05, 0) is 54.0 Å². The summed E-state index contributed by atoms with van der Waals surface area (Å²) in [7, 11) is 0. The number of benzene rings is 3. The molecule has 2 aliphatic carbocycles. The molecule has 16 nitrogen and oxygen atoms in total. The van der Waals surface area contributed by atoms with E-state index in [1.807, 2.05) is 12.1 Å². The van der Waals surface area contributed by atoms with Crippen LogP contribution in [0, 0.1) is 58.2 Å². The number of fused-ring (bicyclic) bond motifs is 3. The summed E-state index contributed by atoms with van der Waals surface area (Å²) < 4.78 is 0. The number of hydrogen-bond acceptors (Lipinski definition) is 12. The van der Waals surface area contributed by atoms with E-state index in [0.29, 0.717) is 6.42 Å². The number of allylic oxidation sites excluding steroid dienone is 2. The van der Waals surface area contributed by atoms with Gasteiger partial charge >= 0.3 is 11.4 Å². The van der Waals surface area contributed by atoms with Crippen LogP contribution in [-0.4, -0.2) is 32.1 Å². The second-order valence-corrected chi connectivity index (χ2v) is 10.1. The number of nitro benzene ring substituents is 4. The molecule has 224 valence electrons. The van der Waals surface area contributed by atoms with E-state index < -0.39 is 42.4 Å². The highest BCUT2D eigenvalue weighted by Crippen LogP contribution is 2.45. The monoisotopic (exact) mass is 600 g/mol. The summed E-state index contributed by atoms with van der Waals surface area (Å²) in [5, 5.41) is 53.7. The molecule has 3 atom stereocenters. The van der Waals surface area contributed by atoms with Crippen LogP contribution in [0.5, 0.6) is 0 Å². The number of nitrogens with zero attached hydrogens (tertiary/aromatic N) is 6. The fourth-order valence-corrected chi connectivity index (χ4v) is 5.59. The third-order valence-electron chi connectivity index (χ3n) is 7.68. The van der Waals surface area contributed by atoms with Crippen LogP contribution in [0.1, 0.15) is 24.0 Å². The van der Waals surface area contributed by atoms with Crippen LogP contribution >= 0.6 is 0 Å². The number of nitrogens with one attached hydrogen (secondary N) is 2. The molecule has 0 saturated carbocycles. The summed E-state index contributed by atoms with van der Waals surface area (Å²) in [6.07, 6.45) is 7.53. The lowest BCUT2D eigenvalue weighted by Crippen LogP contribution is -2.33. The Hall–Kier alpha value is -6.06. The van der Waals surface area contributed by atoms with Gasteiger partial charge < -0.3 is 0 Å². The highest BCUT2D eigenvalue weighted by atomic mass is 16.6. The molecule has 5 rings (SSSR count). The molecule has 2 aliphatic rings. The predicted molar refractivity (Wildman–Crippen MR) is 162 cm³/mol. The molecule has 3 aromatic rings. The summed E-state index contributed by atoms with van der Waals surface area (Å²) >= 11 is 0. The lowest BCUT2D eigenvalue weighted by molar-refractivity contribution is -0.393. The van der Waals surface area contributed by atoms with E-state index in [2.05, 4.69) is 39.3 Å². The van der Waals surface area contributed by atoms with Crippen molar-refractivity contribution in [1.82, 2.24) is 0 Å². The van der Waals surface area contributed by atoms with Crippen LogP contribution < -0.4 is 10.9 Å². The zero-order chi connectivity index (χ0) is 31.4. The summed E-state index contributed by atoms with van der Waals surface area (Å²) in [6, 6.07) is 14.5. The van der Waals surface area contributed by atoms with Gasteiger partial charge in [-0.25, -0.2) is 0 Å². The van der Waals surface area contributed by atoms with Gasteiger partial charge in [0.1, 0.15) is 11.4 Å². The Bertz CT molecular complexity index is 1760. The first kappa shape index (κ1) is 29.4. The Morgan fingerprint density at radius 1 is 0.727 bits per heavy atom. The first-order valence-electron chi connectivity index (χ1n) is 13.4. The molecule has 0 aliphatic heterocycles. The molecule has 0 fully saturated rings. The van der Waals surface area contributed by atoms with Crippen molar-refractivity contribution in [2.24, 2.45) is 28.0 Å².